The van der Waals surface area contributed by atoms with Gasteiger partial charge in [0, 0.05) is 12.7 Å². The number of aromatic nitrogens is 2. The first-order chi connectivity index (χ1) is 14.2. The summed E-state index contributed by atoms with van der Waals surface area (Å²) in [5.41, 5.74) is -0.694. The summed E-state index contributed by atoms with van der Waals surface area (Å²) in [5, 5.41) is 10.1. The zero-order valence-electron chi connectivity index (χ0n) is 17.7. The average molecular weight is 416 g/mol. The van der Waals surface area contributed by atoms with Crippen LogP contribution in [0.4, 0.5) is 9.18 Å². The molecule has 8 heteroatoms. The summed E-state index contributed by atoms with van der Waals surface area (Å²) in [4.78, 5) is 25.0. The summed E-state index contributed by atoms with van der Waals surface area (Å²) < 4.78 is 20.7. The van der Waals surface area contributed by atoms with Crippen LogP contribution in [-0.2, 0) is 4.74 Å². The first-order valence-electron chi connectivity index (χ1n) is 10.3. The maximum absolute atomic E-state index is 14.0. The first-order valence-corrected chi connectivity index (χ1v) is 10.3. The second kappa shape index (κ2) is 8.85. The second-order valence-corrected chi connectivity index (χ2v) is 8.75. The Morgan fingerprint density at radius 3 is 2.53 bits per heavy atom. The van der Waals surface area contributed by atoms with E-state index in [4.69, 9.17) is 4.74 Å². The number of carbonyl (C=O) groups is 2. The minimum Gasteiger partial charge on any atom is -0.444 e. The minimum atomic E-state index is -0.595. The predicted molar refractivity (Wildman–Crippen MR) is 111 cm³/mol. The number of amides is 2. The second-order valence-electron chi connectivity index (χ2n) is 8.75. The van der Waals surface area contributed by atoms with Gasteiger partial charge in [-0.15, -0.1) is 0 Å². The SMILES string of the molecule is CC(C)(C)OC(=O)NC1(CNC(=O)c2ccn(-c3ccccc3F)n2)CCCCC1. The van der Waals surface area contributed by atoms with Crippen LogP contribution < -0.4 is 10.6 Å². The van der Waals surface area contributed by atoms with Crippen molar-refractivity contribution in [3.05, 3.63) is 48.0 Å². The third kappa shape index (κ3) is 5.58. The van der Waals surface area contributed by atoms with Crippen LogP contribution in [0.25, 0.3) is 5.69 Å². The quantitative estimate of drug-likeness (QED) is 0.772. The Bertz CT molecular complexity index is 898. The molecule has 1 aromatic carbocycles. The molecule has 1 aliphatic rings. The standard InChI is InChI=1S/C22H29FN4O3/c1-21(2,3)30-20(29)25-22(12-7-4-8-13-22)15-24-19(28)17-11-14-27(26-17)18-10-6-5-9-16(18)23/h5-6,9-11,14H,4,7-8,12-13,15H2,1-3H3,(H,24,28)(H,25,29). The predicted octanol–water partition coefficient (Wildman–Crippen LogP) is 3.97. The van der Waals surface area contributed by atoms with E-state index < -0.39 is 23.1 Å². The van der Waals surface area contributed by atoms with E-state index in [0.29, 0.717) is 0 Å². The van der Waals surface area contributed by atoms with Gasteiger partial charge in [-0.3, -0.25) is 4.79 Å². The average Bonchev–Trinajstić information content (AvgIpc) is 3.16. The van der Waals surface area contributed by atoms with Gasteiger partial charge >= 0.3 is 6.09 Å². The topological polar surface area (TPSA) is 85.3 Å². The lowest BCUT2D eigenvalue weighted by Gasteiger charge is -2.38. The molecule has 2 amide bonds. The van der Waals surface area contributed by atoms with E-state index in [2.05, 4.69) is 15.7 Å². The Labute approximate surface area is 176 Å². The normalized spacial score (nSPS) is 16.0. The molecule has 30 heavy (non-hydrogen) atoms. The molecule has 1 aliphatic carbocycles. The van der Waals surface area contributed by atoms with E-state index in [9.17, 15) is 14.0 Å². The Balaban J connectivity index is 1.66. The largest absolute Gasteiger partial charge is 0.444 e. The van der Waals surface area contributed by atoms with Gasteiger partial charge in [0.25, 0.3) is 5.91 Å². The number of para-hydroxylation sites is 1. The fourth-order valence-electron chi connectivity index (χ4n) is 3.65. The van der Waals surface area contributed by atoms with Gasteiger partial charge in [0.05, 0.1) is 5.54 Å². The van der Waals surface area contributed by atoms with Crippen molar-refractivity contribution in [3.63, 3.8) is 0 Å². The molecule has 0 bridgehead atoms. The van der Waals surface area contributed by atoms with Crippen molar-refractivity contribution in [3.8, 4) is 5.69 Å². The number of nitrogens with one attached hydrogen (secondary N) is 2. The first kappa shape index (κ1) is 21.8. The van der Waals surface area contributed by atoms with Crippen molar-refractivity contribution in [1.29, 1.82) is 0 Å². The lowest BCUT2D eigenvalue weighted by atomic mass is 9.81. The highest BCUT2D eigenvalue weighted by Crippen LogP contribution is 2.28. The molecule has 1 fully saturated rings. The zero-order valence-corrected chi connectivity index (χ0v) is 17.7. The van der Waals surface area contributed by atoms with Crippen LogP contribution in [0, 0.1) is 5.82 Å². The molecule has 1 heterocycles. The van der Waals surface area contributed by atoms with Crippen LogP contribution in [0.15, 0.2) is 36.5 Å². The number of benzene rings is 1. The molecule has 1 saturated carbocycles. The van der Waals surface area contributed by atoms with Crippen LogP contribution in [0.1, 0.15) is 63.4 Å². The minimum absolute atomic E-state index is 0.182. The fourth-order valence-corrected chi connectivity index (χ4v) is 3.65. The smallest absolute Gasteiger partial charge is 0.408 e. The van der Waals surface area contributed by atoms with Gasteiger partial charge in [0.15, 0.2) is 5.69 Å². The molecule has 3 rings (SSSR count). The van der Waals surface area contributed by atoms with Crippen LogP contribution in [-0.4, -0.2) is 39.5 Å². The number of rotatable bonds is 5. The van der Waals surface area contributed by atoms with Crippen molar-refractivity contribution in [2.24, 2.45) is 0 Å². The highest BCUT2D eigenvalue weighted by atomic mass is 19.1. The van der Waals surface area contributed by atoms with Gasteiger partial charge < -0.3 is 15.4 Å². The van der Waals surface area contributed by atoms with Crippen LogP contribution in [0.5, 0.6) is 0 Å². The molecule has 7 nitrogen and oxygen atoms in total. The Hall–Kier alpha value is -2.90. The highest BCUT2D eigenvalue weighted by Gasteiger charge is 2.35. The number of hydrogen-bond acceptors (Lipinski definition) is 4. The molecule has 0 radical (unpaired) electrons. The van der Waals surface area contributed by atoms with Gasteiger partial charge in [-0.05, 0) is 51.8 Å². The van der Waals surface area contributed by atoms with Gasteiger partial charge in [0.2, 0.25) is 0 Å². The third-order valence-electron chi connectivity index (χ3n) is 5.09. The van der Waals surface area contributed by atoms with E-state index in [0.717, 1.165) is 32.1 Å². The maximum atomic E-state index is 14.0. The fraction of sp³-hybridized carbons (Fsp3) is 0.500. The van der Waals surface area contributed by atoms with Gasteiger partial charge in [-0.25, -0.2) is 13.9 Å². The monoisotopic (exact) mass is 416 g/mol. The van der Waals surface area contributed by atoms with E-state index in [1.54, 1.807) is 24.4 Å². The summed E-state index contributed by atoms with van der Waals surface area (Å²) in [5.74, 6) is -0.795. The number of alkyl carbamates (subject to hydrolysis) is 1. The summed E-state index contributed by atoms with van der Waals surface area (Å²) in [7, 11) is 0. The highest BCUT2D eigenvalue weighted by molar-refractivity contribution is 5.92. The number of hydrogen-bond donors (Lipinski definition) is 2. The number of carbonyl (C=O) groups excluding carboxylic acids is 2. The lowest BCUT2D eigenvalue weighted by Crippen LogP contribution is -2.57. The molecule has 162 valence electrons. The molecule has 2 N–H and O–H groups in total. The van der Waals surface area contributed by atoms with Crippen molar-refractivity contribution >= 4 is 12.0 Å². The number of ether oxygens (including phenoxy) is 1. The molecule has 0 aliphatic heterocycles. The Morgan fingerprint density at radius 1 is 1.17 bits per heavy atom. The van der Waals surface area contributed by atoms with Crippen LogP contribution >= 0.6 is 0 Å². The summed E-state index contributed by atoms with van der Waals surface area (Å²) in [6.07, 6.45) is 5.61. The molecular formula is C22H29FN4O3. The van der Waals surface area contributed by atoms with Gasteiger partial charge in [-0.1, -0.05) is 31.4 Å². The summed E-state index contributed by atoms with van der Waals surface area (Å²) >= 11 is 0. The van der Waals surface area contributed by atoms with Crippen molar-refractivity contribution in [1.82, 2.24) is 20.4 Å². The number of halogens is 1. The van der Waals surface area contributed by atoms with E-state index in [1.165, 1.54) is 16.8 Å². The third-order valence-corrected chi connectivity index (χ3v) is 5.09. The van der Waals surface area contributed by atoms with E-state index in [1.807, 2.05) is 20.8 Å². The maximum Gasteiger partial charge on any atom is 0.408 e. The molecule has 2 aromatic rings. The molecular weight excluding hydrogens is 387 g/mol. The summed E-state index contributed by atoms with van der Waals surface area (Å²) in [6.45, 7) is 5.72. The van der Waals surface area contributed by atoms with Gasteiger partial charge in [0.1, 0.15) is 17.1 Å². The number of nitrogens with zero attached hydrogens (tertiary/aromatic N) is 2. The van der Waals surface area contributed by atoms with Gasteiger partial charge in [-0.2, -0.15) is 5.10 Å². The van der Waals surface area contributed by atoms with Crippen molar-refractivity contribution < 1.29 is 18.7 Å². The van der Waals surface area contributed by atoms with E-state index in [-0.39, 0.29) is 23.8 Å². The van der Waals surface area contributed by atoms with Crippen molar-refractivity contribution in [2.45, 2.75) is 64.0 Å². The summed E-state index contributed by atoms with van der Waals surface area (Å²) in [6, 6.07) is 7.76. The molecule has 0 spiro atoms. The zero-order chi connectivity index (χ0) is 21.8. The Morgan fingerprint density at radius 2 is 1.87 bits per heavy atom. The van der Waals surface area contributed by atoms with E-state index >= 15 is 0 Å². The lowest BCUT2D eigenvalue weighted by molar-refractivity contribution is 0.0419. The van der Waals surface area contributed by atoms with Crippen molar-refractivity contribution in [2.75, 3.05) is 6.54 Å². The molecule has 0 unspecified atom stereocenters. The molecule has 0 atom stereocenters. The van der Waals surface area contributed by atoms with Crippen LogP contribution in [0.2, 0.25) is 0 Å². The Kier molecular flexibility index (Phi) is 6.43. The molecule has 0 saturated heterocycles. The molecule has 1 aromatic heterocycles. The van der Waals surface area contributed by atoms with Crippen LogP contribution in [0.3, 0.4) is 0 Å².